The fraction of sp³-hybridized carbons (Fsp3) is 0.250. The first-order chi connectivity index (χ1) is 5.70. The Kier molecular flexibility index (Phi) is 1.54. The van der Waals surface area contributed by atoms with Gasteiger partial charge >= 0.3 is 0 Å². The van der Waals surface area contributed by atoms with Gasteiger partial charge in [-0.3, -0.25) is 4.79 Å². The standard InChI is InChI=1S/C8H7ClN2O/c1-4-6-5(9)2-3-10-7(6)11-8(4)12/h2-4H,1H3,(H,10,11,12)/t4-/m1/s1. The van der Waals surface area contributed by atoms with Gasteiger partial charge in [0, 0.05) is 16.8 Å². The molecule has 0 aliphatic carbocycles. The van der Waals surface area contributed by atoms with Crippen molar-refractivity contribution < 1.29 is 4.79 Å². The number of hydrogen-bond acceptors (Lipinski definition) is 2. The molecule has 3 nitrogen and oxygen atoms in total. The lowest BCUT2D eigenvalue weighted by atomic mass is 10.1. The van der Waals surface area contributed by atoms with Gasteiger partial charge in [-0.15, -0.1) is 0 Å². The highest BCUT2D eigenvalue weighted by molar-refractivity contribution is 6.32. The third kappa shape index (κ3) is 0.898. The number of hydrogen-bond donors (Lipinski definition) is 1. The summed E-state index contributed by atoms with van der Waals surface area (Å²) < 4.78 is 0. The minimum absolute atomic E-state index is 0.0365. The highest BCUT2D eigenvalue weighted by atomic mass is 35.5. The summed E-state index contributed by atoms with van der Waals surface area (Å²) in [6.45, 7) is 1.81. The van der Waals surface area contributed by atoms with Crippen LogP contribution in [0.3, 0.4) is 0 Å². The quantitative estimate of drug-likeness (QED) is 0.665. The topological polar surface area (TPSA) is 42.0 Å². The highest BCUT2D eigenvalue weighted by Gasteiger charge is 2.29. The smallest absolute Gasteiger partial charge is 0.232 e. The van der Waals surface area contributed by atoms with Crippen LogP contribution in [-0.4, -0.2) is 10.9 Å². The zero-order valence-electron chi connectivity index (χ0n) is 6.47. The van der Waals surface area contributed by atoms with Crippen molar-refractivity contribution in [3.63, 3.8) is 0 Å². The van der Waals surface area contributed by atoms with E-state index in [1.54, 1.807) is 12.3 Å². The zero-order chi connectivity index (χ0) is 8.72. The second-order valence-electron chi connectivity index (χ2n) is 2.77. The number of rotatable bonds is 0. The second kappa shape index (κ2) is 2.45. The van der Waals surface area contributed by atoms with Gasteiger partial charge in [-0.1, -0.05) is 11.6 Å². The number of nitrogens with zero attached hydrogens (tertiary/aromatic N) is 1. The van der Waals surface area contributed by atoms with E-state index in [0.717, 1.165) is 5.56 Å². The van der Waals surface area contributed by atoms with E-state index >= 15 is 0 Å². The van der Waals surface area contributed by atoms with Gasteiger partial charge in [0.2, 0.25) is 5.91 Å². The van der Waals surface area contributed by atoms with Crippen molar-refractivity contribution in [2.75, 3.05) is 5.32 Å². The minimum atomic E-state index is -0.179. The van der Waals surface area contributed by atoms with Gasteiger partial charge < -0.3 is 5.32 Å². The zero-order valence-corrected chi connectivity index (χ0v) is 7.22. The van der Waals surface area contributed by atoms with Crippen LogP contribution in [0.25, 0.3) is 0 Å². The van der Waals surface area contributed by atoms with Crippen LogP contribution in [0, 0.1) is 0 Å². The number of fused-ring (bicyclic) bond motifs is 1. The molecule has 1 aromatic heterocycles. The van der Waals surface area contributed by atoms with Gasteiger partial charge in [0.15, 0.2) is 0 Å². The monoisotopic (exact) mass is 182 g/mol. The van der Waals surface area contributed by atoms with Crippen LogP contribution in [0.5, 0.6) is 0 Å². The van der Waals surface area contributed by atoms with E-state index < -0.39 is 0 Å². The maximum absolute atomic E-state index is 11.2. The summed E-state index contributed by atoms with van der Waals surface area (Å²) in [5.41, 5.74) is 0.809. The Balaban J connectivity index is 2.62. The first kappa shape index (κ1) is 7.55. The lowest BCUT2D eigenvalue weighted by Gasteiger charge is -2.01. The molecule has 1 amide bonds. The number of pyridine rings is 1. The Hall–Kier alpha value is -1.09. The molecule has 12 heavy (non-hydrogen) atoms. The summed E-state index contributed by atoms with van der Waals surface area (Å²) in [6, 6.07) is 1.69. The molecule has 1 aliphatic heterocycles. The SMILES string of the molecule is C[C@H]1C(=O)Nc2nccc(Cl)c21. The van der Waals surface area contributed by atoms with Crippen LogP contribution < -0.4 is 5.32 Å². The number of nitrogens with one attached hydrogen (secondary N) is 1. The fourth-order valence-corrected chi connectivity index (χ4v) is 1.63. The van der Waals surface area contributed by atoms with Gasteiger partial charge in [0.25, 0.3) is 0 Å². The van der Waals surface area contributed by atoms with Crippen LogP contribution >= 0.6 is 11.6 Å². The van der Waals surface area contributed by atoms with Gasteiger partial charge in [-0.05, 0) is 13.0 Å². The molecule has 0 saturated carbocycles. The van der Waals surface area contributed by atoms with E-state index in [0.29, 0.717) is 10.8 Å². The van der Waals surface area contributed by atoms with E-state index in [9.17, 15) is 4.79 Å². The van der Waals surface area contributed by atoms with E-state index in [-0.39, 0.29) is 11.8 Å². The molecule has 2 heterocycles. The number of carbonyl (C=O) groups is 1. The number of carbonyl (C=O) groups excluding carboxylic acids is 1. The molecule has 1 N–H and O–H groups in total. The Bertz CT molecular complexity index is 351. The van der Waals surface area contributed by atoms with Crippen molar-refractivity contribution in [1.82, 2.24) is 4.98 Å². The number of anilines is 1. The summed E-state index contributed by atoms with van der Waals surface area (Å²) >= 11 is 5.90. The van der Waals surface area contributed by atoms with Crippen molar-refractivity contribution in [2.45, 2.75) is 12.8 Å². The highest BCUT2D eigenvalue weighted by Crippen LogP contribution is 2.35. The molecule has 0 fully saturated rings. The molecule has 0 spiro atoms. The summed E-state index contributed by atoms with van der Waals surface area (Å²) in [6.07, 6.45) is 1.58. The summed E-state index contributed by atoms with van der Waals surface area (Å²) in [4.78, 5) is 15.2. The second-order valence-corrected chi connectivity index (χ2v) is 3.17. The Morgan fingerprint density at radius 1 is 1.67 bits per heavy atom. The van der Waals surface area contributed by atoms with Gasteiger partial charge in [-0.25, -0.2) is 4.98 Å². The number of halogens is 1. The number of aromatic nitrogens is 1. The third-order valence-corrected chi connectivity index (χ3v) is 2.33. The predicted molar refractivity (Wildman–Crippen MR) is 46.3 cm³/mol. The molecule has 1 aliphatic rings. The molecule has 0 unspecified atom stereocenters. The molecule has 2 rings (SSSR count). The molecule has 1 atom stereocenters. The average molecular weight is 183 g/mol. The van der Waals surface area contributed by atoms with Crippen LogP contribution in [-0.2, 0) is 4.79 Å². The van der Waals surface area contributed by atoms with Crippen LogP contribution in [0.15, 0.2) is 12.3 Å². The Morgan fingerprint density at radius 2 is 2.42 bits per heavy atom. The molecule has 0 saturated heterocycles. The van der Waals surface area contributed by atoms with Gasteiger partial charge in [0.1, 0.15) is 5.82 Å². The first-order valence-electron chi connectivity index (χ1n) is 3.65. The van der Waals surface area contributed by atoms with E-state index in [2.05, 4.69) is 10.3 Å². The van der Waals surface area contributed by atoms with Gasteiger partial charge in [0.05, 0.1) is 5.92 Å². The normalized spacial score (nSPS) is 20.5. The first-order valence-corrected chi connectivity index (χ1v) is 4.03. The van der Waals surface area contributed by atoms with Crippen molar-refractivity contribution in [3.8, 4) is 0 Å². The number of amides is 1. The molecular weight excluding hydrogens is 176 g/mol. The summed E-state index contributed by atoms with van der Waals surface area (Å²) in [5, 5.41) is 3.26. The molecule has 62 valence electrons. The fourth-order valence-electron chi connectivity index (χ4n) is 1.32. The Morgan fingerprint density at radius 3 is 3.08 bits per heavy atom. The van der Waals surface area contributed by atoms with E-state index in [4.69, 9.17) is 11.6 Å². The van der Waals surface area contributed by atoms with Crippen molar-refractivity contribution >= 4 is 23.3 Å². The molecule has 1 aromatic rings. The van der Waals surface area contributed by atoms with Crippen LogP contribution in [0.4, 0.5) is 5.82 Å². The molecule has 4 heteroatoms. The minimum Gasteiger partial charge on any atom is -0.310 e. The molecular formula is C8H7ClN2O. The largest absolute Gasteiger partial charge is 0.310 e. The van der Waals surface area contributed by atoms with E-state index in [1.165, 1.54) is 0 Å². The van der Waals surface area contributed by atoms with Crippen molar-refractivity contribution in [2.24, 2.45) is 0 Å². The maximum atomic E-state index is 11.2. The van der Waals surface area contributed by atoms with Crippen molar-refractivity contribution in [1.29, 1.82) is 0 Å². The summed E-state index contributed by atoms with van der Waals surface area (Å²) in [7, 11) is 0. The lowest BCUT2D eigenvalue weighted by molar-refractivity contribution is -0.116. The van der Waals surface area contributed by atoms with Crippen LogP contribution in [0.2, 0.25) is 5.02 Å². The summed E-state index contributed by atoms with van der Waals surface area (Å²) in [5.74, 6) is 0.381. The molecule has 0 radical (unpaired) electrons. The third-order valence-electron chi connectivity index (χ3n) is 2.00. The van der Waals surface area contributed by atoms with Crippen molar-refractivity contribution in [3.05, 3.63) is 22.8 Å². The molecule has 0 bridgehead atoms. The van der Waals surface area contributed by atoms with Crippen LogP contribution in [0.1, 0.15) is 18.4 Å². The van der Waals surface area contributed by atoms with E-state index in [1.807, 2.05) is 6.92 Å². The maximum Gasteiger partial charge on any atom is 0.232 e. The average Bonchev–Trinajstić information content (AvgIpc) is 2.29. The predicted octanol–water partition coefficient (Wildman–Crippen LogP) is 1.79. The molecule has 0 aromatic carbocycles. The lowest BCUT2D eigenvalue weighted by Crippen LogP contribution is -2.08. The van der Waals surface area contributed by atoms with Gasteiger partial charge in [-0.2, -0.15) is 0 Å². The Labute approximate surface area is 74.8 Å².